The Morgan fingerprint density at radius 3 is 2.69 bits per heavy atom. The third kappa shape index (κ3) is 4.03. The van der Waals surface area contributed by atoms with Gasteiger partial charge in [0.05, 0.1) is 19.2 Å². The van der Waals surface area contributed by atoms with E-state index in [1.54, 1.807) is 48.4 Å². The number of hydrogen-bond donors (Lipinski definition) is 1. The minimum absolute atomic E-state index is 0.0922. The lowest BCUT2D eigenvalue weighted by atomic mass is 10.1. The third-order valence-corrected chi connectivity index (χ3v) is 4.51. The number of nitrogens with zero attached hydrogens (tertiary/aromatic N) is 2. The van der Waals surface area contributed by atoms with Crippen LogP contribution in [-0.4, -0.2) is 31.7 Å². The summed E-state index contributed by atoms with van der Waals surface area (Å²) in [7, 11) is 1.58. The van der Waals surface area contributed by atoms with Crippen LogP contribution in [-0.2, 0) is 9.59 Å². The fraction of sp³-hybridized carbons (Fsp3) is 0.211. The molecule has 0 aliphatic carbocycles. The smallest absolute Gasteiger partial charge is 0.245 e. The van der Waals surface area contributed by atoms with Crippen molar-refractivity contribution in [2.24, 2.45) is 11.0 Å². The van der Waals surface area contributed by atoms with Crippen LogP contribution in [0.15, 0.2) is 53.6 Å². The van der Waals surface area contributed by atoms with Gasteiger partial charge in [0, 0.05) is 29.2 Å². The monoisotopic (exact) mass is 371 g/mol. The van der Waals surface area contributed by atoms with E-state index in [4.69, 9.17) is 16.3 Å². The molecule has 1 saturated heterocycles. The van der Waals surface area contributed by atoms with Crippen LogP contribution in [0.2, 0.25) is 5.02 Å². The molecule has 3 rings (SSSR count). The highest BCUT2D eigenvalue weighted by Gasteiger charge is 2.35. The number of rotatable bonds is 5. The molecule has 1 aliphatic heterocycles. The van der Waals surface area contributed by atoms with Gasteiger partial charge in [0.1, 0.15) is 5.75 Å². The van der Waals surface area contributed by atoms with Crippen molar-refractivity contribution >= 4 is 35.3 Å². The first-order valence-corrected chi connectivity index (χ1v) is 8.48. The Labute approximate surface area is 156 Å². The average Bonchev–Trinajstić information content (AvgIpc) is 3.05. The summed E-state index contributed by atoms with van der Waals surface area (Å²) in [5.41, 5.74) is 3.93. The van der Waals surface area contributed by atoms with E-state index < -0.39 is 5.92 Å². The summed E-state index contributed by atoms with van der Waals surface area (Å²) in [6.45, 7) is 0.318. The van der Waals surface area contributed by atoms with Gasteiger partial charge in [0.25, 0.3) is 0 Å². The topological polar surface area (TPSA) is 71.0 Å². The lowest BCUT2D eigenvalue weighted by molar-refractivity contribution is -0.126. The Balaban J connectivity index is 1.60. The predicted octanol–water partition coefficient (Wildman–Crippen LogP) is 2.85. The Morgan fingerprint density at radius 1 is 1.27 bits per heavy atom. The van der Waals surface area contributed by atoms with Crippen molar-refractivity contribution in [2.45, 2.75) is 6.42 Å². The molecule has 6 nitrogen and oxygen atoms in total. The number of hydrazone groups is 1. The number of nitrogens with one attached hydrogen (secondary N) is 1. The van der Waals surface area contributed by atoms with Crippen LogP contribution in [0.1, 0.15) is 12.0 Å². The van der Waals surface area contributed by atoms with Gasteiger partial charge >= 0.3 is 0 Å². The molecule has 1 fully saturated rings. The van der Waals surface area contributed by atoms with Crippen molar-refractivity contribution < 1.29 is 14.3 Å². The van der Waals surface area contributed by atoms with Gasteiger partial charge in [-0.25, -0.2) is 5.43 Å². The van der Waals surface area contributed by atoms with Crippen LogP contribution in [0.25, 0.3) is 0 Å². The van der Waals surface area contributed by atoms with Gasteiger partial charge < -0.3 is 9.64 Å². The van der Waals surface area contributed by atoms with Crippen molar-refractivity contribution in [2.75, 3.05) is 18.6 Å². The van der Waals surface area contributed by atoms with E-state index >= 15 is 0 Å². The highest BCUT2D eigenvalue weighted by molar-refractivity contribution is 6.33. The molecule has 134 valence electrons. The molecule has 0 saturated carbocycles. The van der Waals surface area contributed by atoms with Crippen LogP contribution in [0.3, 0.4) is 0 Å². The minimum atomic E-state index is -0.451. The fourth-order valence-electron chi connectivity index (χ4n) is 2.73. The number of benzene rings is 2. The van der Waals surface area contributed by atoms with E-state index in [1.165, 1.54) is 6.21 Å². The first-order valence-electron chi connectivity index (χ1n) is 8.10. The number of carbonyl (C=O) groups excluding carboxylic acids is 2. The van der Waals surface area contributed by atoms with E-state index in [0.29, 0.717) is 22.9 Å². The summed E-state index contributed by atoms with van der Waals surface area (Å²) >= 11 is 6.03. The summed E-state index contributed by atoms with van der Waals surface area (Å²) in [6.07, 6.45) is 1.64. The summed E-state index contributed by atoms with van der Waals surface area (Å²) in [4.78, 5) is 26.1. The van der Waals surface area contributed by atoms with E-state index in [0.717, 1.165) is 5.69 Å². The van der Waals surface area contributed by atoms with Crippen LogP contribution in [0, 0.1) is 5.92 Å². The van der Waals surface area contributed by atoms with Gasteiger partial charge in [0.2, 0.25) is 11.8 Å². The van der Waals surface area contributed by atoms with Crippen molar-refractivity contribution in [3.63, 3.8) is 0 Å². The molecule has 0 spiro atoms. The first kappa shape index (κ1) is 17.9. The lowest BCUT2D eigenvalue weighted by Crippen LogP contribution is -2.30. The van der Waals surface area contributed by atoms with Crippen LogP contribution in [0.4, 0.5) is 5.69 Å². The van der Waals surface area contributed by atoms with Gasteiger partial charge in [-0.05, 0) is 30.3 Å². The van der Waals surface area contributed by atoms with E-state index in [1.807, 2.05) is 12.1 Å². The SMILES string of the molecule is COc1ccc(N2C[C@H](C(=O)N/N=C/c3ccccc3Cl)CC2=O)cc1. The molecule has 0 aromatic heterocycles. The molecule has 0 unspecified atom stereocenters. The van der Waals surface area contributed by atoms with Crippen molar-refractivity contribution in [3.05, 3.63) is 59.1 Å². The minimum Gasteiger partial charge on any atom is -0.497 e. The number of halogens is 1. The molecule has 1 N–H and O–H groups in total. The number of anilines is 1. The molecule has 1 aliphatic rings. The second-order valence-electron chi connectivity index (χ2n) is 5.86. The molecule has 0 radical (unpaired) electrons. The zero-order chi connectivity index (χ0) is 18.5. The quantitative estimate of drug-likeness (QED) is 0.649. The van der Waals surface area contributed by atoms with E-state index in [9.17, 15) is 9.59 Å². The molecule has 1 heterocycles. The normalized spacial score (nSPS) is 16.9. The van der Waals surface area contributed by atoms with Gasteiger partial charge in [-0.2, -0.15) is 5.10 Å². The molecule has 2 aromatic rings. The Hall–Kier alpha value is -2.86. The standard InChI is InChI=1S/C19H18ClN3O3/c1-26-16-8-6-15(7-9-16)23-12-14(10-18(23)24)19(25)22-21-11-13-4-2-3-5-17(13)20/h2-9,11,14H,10,12H2,1H3,(H,22,25)/b21-11+/t14-/m1/s1. The third-order valence-electron chi connectivity index (χ3n) is 4.16. The van der Waals surface area contributed by atoms with Gasteiger partial charge in [0.15, 0.2) is 0 Å². The summed E-state index contributed by atoms with van der Waals surface area (Å²) in [5, 5.41) is 4.49. The predicted molar refractivity (Wildman–Crippen MR) is 101 cm³/mol. The lowest BCUT2D eigenvalue weighted by Gasteiger charge is -2.16. The van der Waals surface area contributed by atoms with Gasteiger partial charge in [-0.1, -0.05) is 29.8 Å². The summed E-state index contributed by atoms with van der Waals surface area (Å²) in [6, 6.07) is 14.3. The second-order valence-corrected chi connectivity index (χ2v) is 6.27. The molecule has 2 amide bonds. The Morgan fingerprint density at radius 2 is 2.00 bits per heavy atom. The zero-order valence-electron chi connectivity index (χ0n) is 14.2. The number of amides is 2. The Bertz CT molecular complexity index is 836. The molecular weight excluding hydrogens is 354 g/mol. The number of ether oxygens (including phenoxy) is 1. The number of carbonyl (C=O) groups is 2. The number of hydrogen-bond acceptors (Lipinski definition) is 4. The highest BCUT2D eigenvalue weighted by atomic mass is 35.5. The maximum Gasteiger partial charge on any atom is 0.245 e. The van der Waals surface area contributed by atoms with Gasteiger partial charge in [-0.3, -0.25) is 9.59 Å². The molecule has 7 heteroatoms. The second kappa shape index (κ2) is 8.01. The average molecular weight is 372 g/mol. The molecule has 26 heavy (non-hydrogen) atoms. The van der Waals surface area contributed by atoms with Crippen molar-refractivity contribution in [1.82, 2.24) is 5.43 Å². The van der Waals surface area contributed by atoms with Crippen molar-refractivity contribution in [3.8, 4) is 5.75 Å². The molecule has 2 aromatic carbocycles. The fourth-order valence-corrected chi connectivity index (χ4v) is 2.92. The zero-order valence-corrected chi connectivity index (χ0v) is 14.9. The maximum absolute atomic E-state index is 12.3. The number of methoxy groups -OCH3 is 1. The molecular formula is C19H18ClN3O3. The highest BCUT2D eigenvalue weighted by Crippen LogP contribution is 2.26. The first-order chi connectivity index (χ1) is 12.6. The van der Waals surface area contributed by atoms with E-state index in [-0.39, 0.29) is 18.2 Å². The molecule has 1 atom stereocenters. The van der Waals surface area contributed by atoms with Crippen LogP contribution >= 0.6 is 11.6 Å². The maximum atomic E-state index is 12.3. The van der Waals surface area contributed by atoms with Crippen LogP contribution in [0.5, 0.6) is 5.75 Å². The largest absolute Gasteiger partial charge is 0.497 e. The van der Waals surface area contributed by atoms with E-state index in [2.05, 4.69) is 10.5 Å². The Kier molecular flexibility index (Phi) is 5.53. The molecule has 0 bridgehead atoms. The van der Waals surface area contributed by atoms with Crippen LogP contribution < -0.4 is 15.1 Å². The van der Waals surface area contributed by atoms with Crippen molar-refractivity contribution in [1.29, 1.82) is 0 Å². The van der Waals surface area contributed by atoms with Gasteiger partial charge in [-0.15, -0.1) is 0 Å². The summed E-state index contributed by atoms with van der Waals surface area (Å²) in [5.74, 6) is -0.125. The summed E-state index contributed by atoms with van der Waals surface area (Å²) < 4.78 is 5.11.